The number of hydrogen-bond acceptors (Lipinski definition) is 3. The van der Waals surface area contributed by atoms with Gasteiger partial charge in [0.1, 0.15) is 0 Å². The summed E-state index contributed by atoms with van der Waals surface area (Å²) in [6.07, 6.45) is 3.62. The number of nitrogens with one attached hydrogen (secondary N) is 1. The van der Waals surface area contributed by atoms with Crippen molar-refractivity contribution in [3.63, 3.8) is 0 Å². The molecule has 0 aromatic heterocycles. The Morgan fingerprint density at radius 2 is 2.28 bits per heavy atom. The van der Waals surface area contributed by atoms with Crippen molar-refractivity contribution >= 4 is 5.96 Å². The van der Waals surface area contributed by atoms with Gasteiger partial charge in [0.05, 0.1) is 6.54 Å². The van der Waals surface area contributed by atoms with E-state index in [-0.39, 0.29) is 0 Å². The van der Waals surface area contributed by atoms with Crippen molar-refractivity contribution < 1.29 is 4.74 Å². The van der Waals surface area contributed by atoms with E-state index in [1.807, 2.05) is 6.92 Å². The van der Waals surface area contributed by atoms with E-state index in [1.165, 1.54) is 12.8 Å². The minimum Gasteiger partial charge on any atom is -0.382 e. The maximum absolute atomic E-state index is 5.81. The zero-order valence-corrected chi connectivity index (χ0v) is 12.0. The third kappa shape index (κ3) is 6.21. The van der Waals surface area contributed by atoms with Gasteiger partial charge >= 0.3 is 0 Å². The van der Waals surface area contributed by atoms with Gasteiger partial charge < -0.3 is 15.8 Å². The number of nitrogens with two attached hydrogens (primary N) is 1. The van der Waals surface area contributed by atoms with Gasteiger partial charge in [-0.15, -0.1) is 0 Å². The Hall–Kier alpha value is -0.810. The number of guanidine groups is 1. The Morgan fingerprint density at radius 3 is 2.89 bits per heavy atom. The van der Waals surface area contributed by atoms with Crippen molar-refractivity contribution in [3.8, 4) is 0 Å². The molecule has 5 nitrogen and oxygen atoms in total. The number of ether oxygens (including phenoxy) is 1. The average Bonchev–Trinajstić information content (AvgIpc) is 3.19. The van der Waals surface area contributed by atoms with E-state index in [0.29, 0.717) is 12.0 Å². The fraction of sp³-hybridized carbons (Fsp3) is 0.923. The zero-order chi connectivity index (χ0) is 13.4. The van der Waals surface area contributed by atoms with E-state index >= 15 is 0 Å². The van der Waals surface area contributed by atoms with Gasteiger partial charge in [-0.1, -0.05) is 0 Å². The molecule has 1 unspecified atom stereocenters. The highest BCUT2D eigenvalue weighted by Gasteiger charge is 2.28. The van der Waals surface area contributed by atoms with Crippen molar-refractivity contribution in [1.82, 2.24) is 10.2 Å². The van der Waals surface area contributed by atoms with Crippen molar-refractivity contribution in [1.29, 1.82) is 0 Å². The molecule has 0 aliphatic heterocycles. The summed E-state index contributed by atoms with van der Waals surface area (Å²) in [5.74, 6) is 0.544. The van der Waals surface area contributed by atoms with Gasteiger partial charge in [-0.2, -0.15) is 0 Å². The molecular weight excluding hydrogens is 228 g/mol. The molecule has 0 saturated heterocycles. The molecule has 0 radical (unpaired) electrons. The van der Waals surface area contributed by atoms with Crippen LogP contribution in [0.15, 0.2) is 4.99 Å². The molecule has 18 heavy (non-hydrogen) atoms. The summed E-state index contributed by atoms with van der Waals surface area (Å²) >= 11 is 0. The Bertz CT molecular complexity index is 253. The Kier molecular flexibility index (Phi) is 7.05. The minimum atomic E-state index is 0.460. The van der Waals surface area contributed by atoms with Gasteiger partial charge in [-0.3, -0.25) is 9.89 Å². The molecule has 1 aliphatic rings. The monoisotopic (exact) mass is 256 g/mol. The van der Waals surface area contributed by atoms with Gasteiger partial charge in [0.25, 0.3) is 0 Å². The van der Waals surface area contributed by atoms with Crippen LogP contribution in [0.5, 0.6) is 0 Å². The molecule has 0 heterocycles. The molecule has 0 bridgehead atoms. The quantitative estimate of drug-likeness (QED) is 0.364. The Balaban J connectivity index is 2.08. The molecule has 3 N–H and O–H groups in total. The smallest absolute Gasteiger partial charge is 0.188 e. The van der Waals surface area contributed by atoms with Crippen LogP contribution in [0.2, 0.25) is 0 Å². The molecule has 0 aromatic rings. The first-order valence-electron chi connectivity index (χ1n) is 6.98. The molecule has 0 amide bonds. The molecule has 5 heteroatoms. The van der Waals surface area contributed by atoms with Gasteiger partial charge in [0, 0.05) is 31.8 Å². The average molecular weight is 256 g/mol. The van der Waals surface area contributed by atoms with E-state index in [1.54, 1.807) is 0 Å². The largest absolute Gasteiger partial charge is 0.382 e. The van der Waals surface area contributed by atoms with Crippen LogP contribution in [-0.2, 0) is 4.74 Å². The van der Waals surface area contributed by atoms with Crippen molar-refractivity contribution in [2.45, 2.75) is 45.2 Å². The van der Waals surface area contributed by atoms with Gasteiger partial charge in [0.2, 0.25) is 0 Å². The highest BCUT2D eigenvalue weighted by atomic mass is 16.5. The number of hydrogen-bond donors (Lipinski definition) is 2. The van der Waals surface area contributed by atoms with Crippen LogP contribution in [0, 0.1) is 0 Å². The minimum absolute atomic E-state index is 0.460. The van der Waals surface area contributed by atoms with Crippen LogP contribution in [0.1, 0.15) is 33.1 Å². The van der Waals surface area contributed by atoms with Crippen LogP contribution >= 0.6 is 0 Å². The first-order chi connectivity index (χ1) is 8.65. The Morgan fingerprint density at radius 1 is 1.56 bits per heavy atom. The summed E-state index contributed by atoms with van der Waals surface area (Å²) in [5, 5.41) is 3.11. The molecule has 0 spiro atoms. The van der Waals surface area contributed by atoms with Crippen LogP contribution < -0.4 is 11.1 Å². The van der Waals surface area contributed by atoms with E-state index < -0.39 is 0 Å². The predicted octanol–water partition coefficient (Wildman–Crippen LogP) is 0.800. The van der Waals surface area contributed by atoms with E-state index in [4.69, 9.17) is 10.5 Å². The third-order valence-electron chi connectivity index (χ3n) is 3.32. The van der Waals surface area contributed by atoms with Crippen molar-refractivity contribution in [2.24, 2.45) is 10.7 Å². The molecular formula is C13H28N4O. The molecule has 1 fully saturated rings. The van der Waals surface area contributed by atoms with Gasteiger partial charge in [0.15, 0.2) is 5.96 Å². The molecule has 1 atom stereocenters. The van der Waals surface area contributed by atoms with Crippen molar-refractivity contribution in [2.75, 3.05) is 33.4 Å². The number of rotatable bonds is 9. The molecule has 106 valence electrons. The highest BCUT2D eigenvalue weighted by molar-refractivity contribution is 5.77. The highest BCUT2D eigenvalue weighted by Crippen LogP contribution is 2.26. The number of likely N-dealkylation sites (N-methyl/N-ethyl adjacent to an activating group) is 1. The summed E-state index contributed by atoms with van der Waals surface area (Å²) in [7, 11) is 2.17. The van der Waals surface area contributed by atoms with E-state index in [0.717, 1.165) is 38.8 Å². The molecule has 1 aliphatic carbocycles. The molecule has 0 aromatic carbocycles. The van der Waals surface area contributed by atoms with E-state index in [2.05, 4.69) is 29.2 Å². The first-order valence-corrected chi connectivity index (χ1v) is 6.98. The topological polar surface area (TPSA) is 62.9 Å². The van der Waals surface area contributed by atoms with E-state index in [9.17, 15) is 0 Å². The van der Waals surface area contributed by atoms with Gasteiger partial charge in [-0.05, 0) is 40.2 Å². The van der Waals surface area contributed by atoms with Crippen LogP contribution in [0.4, 0.5) is 0 Å². The van der Waals surface area contributed by atoms with Crippen LogP contribution in [0.3, 0.4) is 0 Å². The lowest BCUT2D eigenvalue weighted by Crippen LogP contribution is -2.37. The fourth-order valence-corrected chi connectivity index (χ4v) is 1.79. The normalized spacial score (nSPS) is 18.1. The molecule has 1 rings (SSSR count). The summed E-state index contributed by atoms with van der Waals surface area (Å²) in [6.45, 7) is 7.33. The summed E-state index contributed by atoms with van der Waals surface area (Å²) in [5.41, 5.74) is 5.81. The lowest BCUT2D eigenvalue weighted by atomic mass is 10.3. The second kappa shape index (κ2) is 8.32. The van der Waals surface area contributed by atoms with Crippen LogP contribution in [-0.4, -0.2) is 56.3 Å². The first kappa shape index (κ1) is 15.2. The second-order valence-corrected chi connectivity index (χ2v) is 4.95. The summed E-state index contributed by atoms with van der Waals surface area (Å²) in [4.78, 5) is 6.77. The van der Waals surface area contributed by atoms with Gasteiger partial charge in [-0.25, -0.2) is 0 Å². The lowest BCUT2D eigenvalue weighted by Gasteiger charge is -2.22. The summed E-state index contributed by atoms with van der Waals surface area (Å²) in [6, 6.07) is 1.23. The standard InChI is InChI=1S/C13H28N4O/c1-4-18-9-5-8-15-13(14)16-10-11(2)17(3)12-6-7-12/h11-12H,4-10H2,1-3H3,(H3,14,15,16). The SMILES string of the molecule is CCOCCCNC(N)=NCC(C)N(C)C1CC1. The molecule has 1 saturated carbocycles. The second-order valence-electron chi connectivity index (χ2n) is 4.95. The lowest BCUT2D eigenvalue weighted by molar-refractivity contribution is 0.145. The fourth-order valence-electron chi connectivity index (χ4n) is 1.79. The predicted molar refractivity (Wildman–Crippen MR) is 75.8 cm³/mol. The Labute approximate surface area is 111 Å². The van der Waals surface area contributed by atoms with Crippen molar-refractivity contribution in [3.05, 3.63) is 0 Å². The number of nitrogens with zero attached hydrogens (tertiary/aromatic N) is 2. The zero-order valence-electron chi connectivity index (χ0n) is 12.0. The maximum Gasteiger partial charge on any atom is 0.188 e. The maximum atomic E-state index is 5.81. The van der Waals surface area contributed by atoms with Crippen LogP contribution in [0.25, 0.3) is 0 Å². The number of aliphatic imine (C=N–C) groups is 1. The third-order valence-corrected chi connectivity index (χ3v) is 3.32. The summed E-state index contributed by atoms with van der Waals surface area (Å²) < 4.78 is 5.25.